The van der Waals surface area contributed by atoms with Crippen LogP contribution < -0.4 is 5.32 Å². The lowest BCUT2D eigenvalue weighted by molar-refractivity contribution is 1.23. The Labute approximate surface area is 109 Å². The van der Waals surface area contributed by atoms with Crippen LogP contribution in [0.4, 0.5) is 11.4 Å². The number of nitrogens with one attached hydrogen (secondary N) is 1. The van der Waals surface area contributed by atoms with Crippen LogP contribution in [0, 0.1) is 0 Å². The van der Waals surface area contributed by atoms with Crippen LogP contribution in [0.5, 0.6) is 0 Å². The summed E-state index contributed by atoms with van der Waals surface area (Å²) in [5.41, 5.74) is 4.94. The number of anilines is 2. The number of para-hydroxylation sites is 2. The molecule has 0 spiro atoms. The van der Waals surface area contributed by atoms with Crippen molar-refractivity contribution in [1.82, 2.24) is 0 Å². The lowest BCUT2D eigenvalue weighted by Crippen LogP contribution is -1.95. The molecule has 0 aromatic heterocycles. The van der Waals surface area contributed by atoms with Gasteiger partial charge in [0.2, 0.25) is 0 Å². The monoisotopic (exact) mass is 237 g/mol. The van der Waals surface area contributed by atoms with Crippen molar-refractivity contribution in [1.29, 1.82) is 0 Å². The van der Waals surface area contributed by atoms with Gasteiger partial charge in [-0.15, -0.1) is 0 Å². The lowest BCUT2D eigenvalue weighted by Gasteiger charge is -2.13. The molecule has 0 heterocycles. The molecular weight excluding hydrogens is 218 g/mol. The van der Waals surface area contributed by atoms with Crippen molar-refractivity contribution in [2.24, 2.45) is 0 Å². The molecule has 0 saturated heterocycles. The Morgan fingerprint density at radius 1 is 1.00 bits per heavy atom. The topological polar surface area (TPSA) is 12.0 Å². The Balaban J connectivity index is 2.34. The summed E-state index contributed by atoms with van der Waals surface area (Å²) in [6.45, 7) is 4.28. The van der Waals surface area contributed by atoms with Crippen LogP contribution in [-0.2, 0) is 0 Å². The van der Waals surface area contributed by atoms with Gasteiger partial charge in [0.1, 0.15) is 0 Å². The molecule has 0 atom stereocenters. The highest BCUT2D eigenvalue weighted by Gasteiger charge is 2.04. The molecule has 92 valence electrons. The smallest absolute Gasteiger partial charge is 0.0460 e. The highest BCUT2D eigenvalue weighted by molar-refractivity contribution is 5.78. The zero-order valence-corrected chi connectivity index (χ0v) is 11.0. The van der Waals surface area contributed by atoms with Gasteiger partial charge in [-0.1, -0.05) is 49.4 Å². The summed E-state index contributed by atoms with van der Waals surface area (Å²) in [7, 11) is 0. The Morgan fingerprint density at radius 2 is 1.67 bits per heavy atom. The van der Waals surface area contributed by atoms with Gasteiger partial charge in [-0.25, -0.2) is 0 Å². The van der Waals surface area contributed by atoms with Gasteiger partial charge in [0.25, 0.3) is 0 Å². The summed E-state index contributed by atoms with van der Waals surface area (Å²) in [5.74, 6) is 0. The van der Waals surface area contributed by atoms with Crippen molar-refractivity contribution >= 4 is 16.9 Å². The van der Waals surface area contributed by atoms with Crippen molar-refractivity contribution in [3.8, 4) is 0 Å². The minimum atomic E-state index is 1.05. The van der Waals surface area contributed by atoms with E-state index in [9.17, 15) is 0 Å². The predicted octanol–water partition coefficient (Wildman–Crippen LogP) is 5.24. The second-order valence-electron chi connectivity index (χ2n) is 4.20. The van der Waals surface area contributed by atoms with Crippen molar-refractivity contribution in [3.05, 3.63) is 66.2 Å². The SMILES string of the molecule is CC=C(CC)c1ccccc1Nc1ccccc1. The van der Waals surface area contributed by atoms with E-state index in [1.165, 1.54) is 16.8 Å². The molecule has 0 saturated carbocycles. The van der Waals surface area contributed by atoms with Gasteiger partial charge in [0.15, 0.2) is 0 Å². The van der Waals surface area contributed by atoms with E-state index in [4.69, 9.17) is 0 Å². The number of hydrogen-bond acceptors (Lipinski definition) is 1. The quantitative estimate of drug-likeness (QED) is 0.766. The maximum atomic E-state index is 3.48. The molecule has 0 amide bonds. The molecule has 2 aromatic carbocycles. The standard InChI is InChI=1S/C17H19N/c1-3-14(4-2)16-12-8-9-13-17(16)18-15-10-6-5-7-11-15/h3,5-13,18H,4H2,1-2H3. The second kappa shape index (κ2) is 6.06. The van der Waals surface area contributed by atoms with E-state index in [0.29, 0.717) is 0 Å². The zero-order valence-electron chi connectivity index (χ0n) is 11.0. The molecule has 0 aliphatic heterocycles. The summed E-state index contributed by atoms with van der Waals surface area (Å²) in [4.78, 5) is 0. The molecule has 0 radical (unpaired) electrons. The van der Waals surface area contributed by atoms with Gasteiger partial charge < -0.3 is 5.32 Å². The number of hydrogen-bond donors (Lipinski definition) is 1. The van der Waals surface area contributed by atoms with Crippen LogP contribution >= 0.6 is 0 Å². The van der Waals surface area contributed by atoms with E-state index in [1.54, 1.807) is 0 Å². The third kappa shape index (κ3) is 2.80. The molecule has 2 aromatic rings. The van der Waals surface area contributed by atoms with Crippen LogP contribution in [0.3, 0.4) is 0 Å². The summed E-state index contributed by atoms with van der Waals surface area (Å²) < 4.78 is 0. The third-order valence-electron chi connectivity index (χ3n) is 3.06. The minimum Gasteiger partial charge on any atom is -0.355 e. The lowest BCUT2D eigenvalue weighted by atomic mass is 10.0. The van der Waals surface area contributed by atoms with E-state index in [0.717, 1.165) is 12.1 Å². The third-order valence-corrected chi connectivity index (χ3v) is 3.06. The molecule has 18 heavy (non-hydrogen) atoms. The molecule has 1 nitrogen and oxygen atoms in total. The molecule has 1 N–H and O–H groups in total. The predicted molar refractivity (Wildman–Crippen MR) is 80.1 cm³/mol. The van der Waals surface area contributed by atoms with Crippen molar-refractivity contribution < 1.29 is 0 Å². The maximum Gasteiger partial charge on any atom is 0.0460 e. The highest BCUT2D eigenvalue weighted by Crippen LogP contribution is 2.28. The van der Waals surface area contributed by atoms with Gasteiger partial charge in [-0.2, -0.15) is 0 Å². The fraction of sp³-hybridized carbons (Fsp3) is 0.176. The molecule has 0 unspecified atom stereocenters. The molecule has 2 rings (SSSR count). The van der Waals surface area contributed by atoms with Crippen molar-refractivity contribution in [3.63, 3.8) is 0 Å². The Morgan fingerprint density at radius 3 is 2.33 bits per heavy atom. The fourth-order valence-corrected chi connectivity index (χ4v) is 2.10. The average Bonchev–Trinajstić information content (AvgIpc) is 2.43. The molecule has 0 fully saturated rings. The molecular formula is C17H19N. The Kier molecular flexibility index (Phi) is 4.19. The van der Waals surface area contributed by atoms with Crippen LogP contribution in [0.2, 0.25) is 0 Å². The van der Waals surface area contributed by atoms with E-state index >= 15 is 0 Å². The highest BCUT2D eigenvalue weighted by atomic mass is 14.9. The normalized spacial score (nSPS) is 11.3. The van der Waals surface area contributed by atoms with Gasteiger partial charge in [-0.05, 0) is 37.1 Å². The fourth-order valence-electron chi connectivity index (χ4n) is 2.10. The van der Waals surface area contributed by atoms with Crippen LogP contribution in [0.15, 0.2) is 60.7 Å². The van der Waals surface area contributed by atoms with Crippen molar-refractivity contribution in [2.45, 2.75) is 20.3 Å². The average molecular weight is 237 g/mol. The van der Waals surface area contributed by atoms with Crippen LogP contribution in [0.1, 0.15) is 25.8 Å². The van der Waals surface area contributed by atoms with E-state index < -0.39 is 0 Å². The Bertz CT molecular complexity index is 526. The first-order valence-electron chi connectivity index (χ1n) is 6.41. The van der Waals surface area contributed by atoms with Crippen molar-refractivity contribution in [2.75, 3.05) is 5.32 Å². The van der Waals surface area contributed by atoms with E-state index in [1.807, 2.05) is 18.2 Å². The first kappa shape index (κ1) is 12.4. The largest absolute Gasteiger partial charge is 0.355 e. The van der Waals surface area contributed by atoms with E-state index in [-0.39, 0.29) is 0 Å². The molecule has 0 bridgehead atoms. The van der Waals surface area contributed by atoms with Crippen LogP contribution in [0.25, 0.3) is 5.57 Å². The summed E-state index contributed by atoms with van der Waals surface area (Å²) >= 11 is 0. The first-order chi connectivity index (χ1) is 8.85. The summed E-state index contributed by atoms with van der Waals surface area (Å²) in [6.07, 6.45) is 3.23. The molecule has 0 aliphatic carbocycles. The second-order valence-corrected chi connectivity index (χ2v) is 4.20. The molecule has 0 aliphatic rings. The number of benzene rings is 2. The first-order valence-corrected chi connectivity index (χ1v) is 6.41. The minimum absolute atomic E-state index is 1.05. The zero-order chi connectivity index (χ0) is 12.8. The van der Waals surface area contributed by atoms with E-state index in [2.05, 4.69) is 61.6 Å². The summed E-state index contributed by atoms with van der Waals surface area (Å²) in [5, 5.41) is 3.48. The maximum absolute atomic E-state index is 3.48. The molecule has 1 heteroatoms. The van der Waals surface area contributed by atoms with Gasteiger partial charge in [0, 0.05) is 16.9 Å². The summed E-state index contributed by atoms with van der Waals surface area (Å²) in [6, 6.07) is 18.7. The number of allylic oxidation sites excluding steroid dienone is 2. The van der Waals surface area contributed by atoms with Gasteiger partial charge >= 0.3 is 0 Å². The number of rotatable bonds is 4. The van der Waals surface area contributed by atoms with Gasteiger partial charge in [0.05, 0.1) is 0 Å². The van der Waals surface area contributed by atoms with Gasteiger partial charge in [-0.3, -0.25) is 0 Å². The Hall–Kier alpha value is -2.02. The van der Waals surface area contributed by atoms with Crippen LogP contribution in [-0.4, -0.2) is 0 Å².